The van der Waals surface area contributed by atoms with Crippen molar-refractivity contribution in [1.29, 1.82) is 0 Å². The van der Waals surface area contributed by atoms with Crippen LogP contribution >= 0.6 is 15.9 Å². The summed E-state index contributed by atoms with van der Waals surface area (Å²) >= 11 is 3.23. The molecule has 76 valence electrons. The molecule has 0 spiro atoms. The van der Waals surface area contributed by atoms with Gasteiger partial charge in [-0.25, -0.2) is 0 Å². The molecule has 0 aliphatic heterocycles. The molecule has 0 aromatic heterocycles. The van der Waals surface area contributed by atoms with Crippen LogP contribution < -0.4 is 14.2 Å². The average molecular weight is 261 g/mol. The Balaban J connectivity index is 3.26. The zero-order chi connectivity index (χ0) is 10.6. The van der Waals surface area contributed by atoms with Crippen molar-refractivity contribution in [2.75, 3.05) is 14.2 Å². The van der Waals surface area contributed by atoms with Gasteiger partial charge in [-0.3, -0.25) is 4.79 Å². The minimum absolute atomic E-state index is 0.307. The van der Waals surface area contributed by atoms with E-state index in [4.69, 9.17) is 14.2 Å². The van der Waals surface area contributed by atoms with Crippen LogP contribution in [0.4, 0.5) is 0 Å². The zero-order valence-corrected chi connectivity index (χ0v) is 9.33. The molecular weight excluding hydrogens is 252 g/mol. The summed E-state index contributed by atoms with van der Waals surface area (Å²) in [5.41, 5.74) is 0. The smallest absolute Gasteiger partial charge is 0.298 e. The summed E-state index contributed by atoms with van der Waals surface area (Å²) in [6.45, 7) is 0.335. The molecule has 0 N–H and O–H groups in total. The Bertz CT molecular complexity index is 338. The number of ether oxygens (including phenoxy) is 3. The number of carbonyl (C=O) groups excluding carboxylic acids is 1. The molecule has 0 unspecified atom stereocenters. The van der Waals surface area contributed by atoms with Gasteiger partial charge in [-0.2, -0.15) is 0 Å². The van der Waals surface area contributed by atoms with E-state index in [1.807, 2.05) is 0 Å². The molecule has 0 aliphatic carbocycles. The lowest BCUT2D eigenvalue weighted by atomic mass is 10.3. The number of hydrogen-bond acceptors (Lipinski definition) is 4. The second-order valence-electron chi connectivity index (χ2n) is 2.33. The van der Waals surface area contributed by atoms with Crippen LogP contribution in [-0.2, 0) is 4.79 Å². The van der Waals surface area contributed by atoms with E-state index in [0.717, 1.165) is 0 Å². The highest BCUT2D eigenvalue weighted by Gasteiger charge is 2.14. The van der Waals surface area contributed by atoms with E-state index >= 15 is 0 Å². The highest BCUT2D eigenvalue weighted by atomic mass is 79.9. The summed E-state index contributed by atoms with van der Waals surface area (Å²) < 4.78 is 15.5. The fourth-order valence-corrected chi connectivity index (χ4v) is 1.44. The first-order valence-electron chi connectivity index (χ1n) is 3.75. The van der Waals surface area contributed by atoms with Crippen LogP contribution in [0.1, 0.15) is 0 Å². The normalized spacial score (nSPS) is 9.36. The van der Waals surface area contributed by atoms with Crippen molar-refractivity contribution >= 4 is 22.4 Å². The van der Waals surface area contributed by atoms with Gasteiger partial charge in [0, 0.05) is 0 Å². The Hall–Kier alpha value is -1.23. The number of methoxy groups -OCH3 is 2. The van der Waals surface area contributed by atoms with E-state index in [-0.39, 0.29) is 0 Å². The maximum Gasteiger partial charge on any atom is 0.298 e. The highest BCUT2D eigenvalue weighted by Crippen LogP contribution is 2.42. The van der Waals surface area contributed by atoms with Gasteiger partial charge in [-0.15, -0.1) is 0 Å². The molecule has 0 radical (unpaired) electrons. The Kier molecular flexibility index (Phi) is 3.76. The van der Waals surface area contributed by atoms with Gasteiger partial charge < -0.3 is 14.2 Å². The minimum Gasteiger partial charge on any atom is -0.493 e. The molecule has 1 rings (SSSR count). The first kappa shape index (κ1) is 10.8. The van der Waals surface area contributed by atoms with Crippen molar-refractivity contribution in [1.82, 2.24) is 0 Å². The molecule has 4 nitrogen and oxygen atoms in total. The van der Waals surface area contributed by atoms with E-state index < -0.39 is 0 Å². The standard InChI is InChI=1S/C9H9BrO4/c1-12-7-4-3-6(10)8(14-5-11)9(7)13-2/h3-5H,1-2H3. The molecule has 5 heteroatoms. The molecule has 0 atom stereocenters. The van der Waals surface area contributed by atoms with E-state index in [9.17, 15) is 4.79 Å². The Labute approximate surface area is 89.9 Å². The quantitative estimate of drug-likeness (QED) is 0.777. The predicted molar refractivity (Wildman–Crippen MR) is 53.9 cm³/mol. The van der Waals surface area contributed by atoms with Gasteiger partial charge >= 0.3 is 0 Å². The van der Waals surface area contributed by atoms with Crippen LogP contribution in [0.5, 0.6) is 17.2 Å². The molecule has 0 bridgehead atoms. The molecule has 14 heavy (non-hydrogen) atoms. The van der Waals surface area contributed by atoms with Gasteiger partial charge in [-0.1, -0.05) is 0 Å². The third kappa shape index (κ3) is 1.98. The van der Waals surface area contributed by atoms with Crippen molar-refractivity contribution in [3.8, 4) is 17.2 Å². The topological polar surface area (TPSA) is 44.8 Å². The van der Waals surface area contributed by atoms with Crippen molar-refractivity contribution < 1.29 is 19.0 Å². The highest BCUT2D eigenvalue weighted by molar-refractivity contribution is 9.10. The Morgan fingerprint density at radius 2 is 1.93 bits per heavy atom. The second kappa shape index (κ2) is 4.85. The molecule has 0 heterocycles. The van der Waals surface area contributed by atoms with E-state index in [1.165, 1.54) is 14.2 Å². The summed E-state index contributed by atoms with van der Waals surface area (Å²) in [5, 5.41) is 0. The molecule has 0 aliphatic rings. The third-order valence-electron chi connectivity index (χ3n) is 1.62. The number of carbonyl (C=O) groups is 1. The van der Waals surface area contributed by atoms with E-state index in [0.29, 0.717) is 28.2 Å². The summed E-state index contributed by atoms with van der Waals surface area (Å²) in [5.74, 6) is 1.20. The fourth-order valence-electron chi connectivity index (χ4n) is 1.03. The van der Waals surface area contributed by atoms with Crippen LogP contribution in [0.3, 0.4) is 0 Å². The average Bonchev–Trinajstić information content (AvgIpc) is 2.21. The number of benzene rings is 1. The second-order valence-corrected chi connectivity index (χ2v) is 3.18. The van der Waals surface area contributed by atoms with Crippen LogP contribution in [0.25, 0.3) is 0 Å². The van der Waals surface area contributed by atoms with Crippen molar-refractivity contribution in [3.63, 3.8) is 0 Å². The maximum atomic E-state index is 10.3. The Morgan fingerprint density at radius 3 is 2.43 bits per heavy atom. The molecule has 0 saturated carbocycles. The van der Waals surface area contributed by atoms with Crippen LogP contribution in [0.2, 0.25) is 0 Å². The van der Waals surface area contributed by atoms with Gasteiger partial charge in [0.15, 0.2) is 11.5 Å². The Morgan fingerprint density at radius 1 is 1.21 bits per heavy atom. The van der Waals surface area contributed by atoms with Gasteiger partial charge in [0.1, 0.15) is 0 Å². The maximum absolute atomic E-state index is 10.3. The number of rotatable bonds is 4. The molecule has 1 aromatic carbocycles. The summed E-state index contributed by atoms with van der Waals surface area (Å²) in [6, 6.07) is 3.42. The molecule has 0 saturated heterocycles. The molecular formula is C9H9BrO4. The molecule has 1 aromatic rings. The lowest BCUT2D eigenvalue weighted by Gasteiger charge is -2.11. The van der Waals surface area contributed by atoms with Gasteiger partial charge in [-0.05, 0) is 28.1 Å². The van der Waals surface area contributed by atoms with Crippen molar-refractivity contribution in [2.24, 2.45) is 0 Å². The number of halogens is 1. The lowest BCUT2D eigenvalue weighted by Crippen LogP contribution is -1.97. The SMILES string of the molecule is COc1ccc(Br)c(OC=O)c1OC. The van der Waals surface area contributed by atoms with Gasteiger partial charge in [0.2, 0.25) is 5.75 Å². The van der Waals surface area contributed by atoms with E-state index in [2.05, 4.69) is 15.9 Å². The van der Waals surface area contributed by atoms with Gasteiger partial charge in [0.25, 0.3) is 6.47 Å². The minimum atomic E-state index is 0.307. The predicted octanol–water partition coefficient (Wildman–Crippen LogP) is 2.00. The van der Waals surface area contributed by atoms with E-state index in [1.54, 1.807) is 12.1 Å². The van der Waals surface area contributed by atoms with Crippen LogP contribution in [0, 0.1) is 0 Å². The third-order valence-corrected chi connectivity index (χ3v) is 2.24. The van der Waals surface area contributed by atoms with Crippen molar-refractivity contribution in [3.05, 3.63) is 16.6 Å². The molecule has 0 fully saturated rings. The molecule has 0 amide bonds. The number of hydrogen-bond donors (Lipinski definition) is 0. The fraction of sp³-hybridized carbons (Fsp3) is 0.222. The van der Waals surface area contributed by atoms with Gasteiger partial charge in [0.05, 0.1) is 18.7 Å². The zero-order valence-electron chi connectivity index (χ0n) is 7.74. The largest absolute Gasteiger partial charge is 0.493 e. The summed E-state index contributed by atoms with van der Waals surface area (Å²) in [7, 11) is 2.98. The summed E-state index contributed by atoms with van der Waals surface area (Å²) in [6.07, 6.45) is 0. The first-order valence-corrected chi connectivity index (χ1v) is 4.54. The lowest BCUT2D eigenvalue weighted by molar-refractivity contribution is -0.120. The first-order chi connectivity index (χ1) is 6.74. The summed E-state index contributed by atoms with van der Waals surface area (Å²) in [4.78, 5) is 10.3. The van der Waals surface area contributed by atoms with Crippen molar-refractivity contribution in [2.45, 2.75) is 0 Å². The van der Waals surface area contributed by atoms with Crippen LogP contribution in [0.15, 0.2) is 16.6 Å². The monoisotopic (exact) mass is 260 g/mol. The van der Waals surface area contributed by atoms with Crippen LogP contribution in [-0.4, -0.2) is 20.7 Å².